The van der Waals surface area contributed by atoms with E-state index in [9.17, 15) is 4.39 Å². The van der Waals surface area contributed by atoms with Gasteiger partial charge in [0.25, 0.3) is 0 Å². The van der Waals surface area contributed by atoms with Crippen molar-refractivity contribution in [3.05, 3.63) is 24.8 Å². The highest BCUT2D eigenvalue weighted by molar-refractivity contribution is 4.98. The van der Waals surface area contributed by atoms with E-state index in [1.54, 1.807) is 13.0 Å². The number of hydrogen-bond acceptors (Lipinski definition) is 0. The maximum Gasteiger partial charge on any atom is 0.112 e. The summed E-state index contributed by atoms with van der Waals surface area (Å²) in [5.41, 5.74) is -0.0805. The van der Waals surface area contributed by atoms with E-state index in [1.807, 2.05) is 13.8 Å². The molecule has 0 aliphatic carbocycles. The number of rotatable bonds is 5. The van der Waals surface area contributed by atoms with Crippen LogP contribution in [-0.4, -0.2) is 5.67 Å². The molecule has 12 heavy (non-hydrogen) atoms. The highest BCUT2D eigenvalue weighted by atomic mass is 19.1. The summed E-state index contributed by atoms with van der Waals surface area (Å²) in [5, 5.41) is 0. The average Bonchev–Trinajstić information content (AvgIpc) is 1.85. The normalized spacial score (nSPS) is 18.0. The number of halogens is 1. The summed E-state index contributed by atoms with van der Waals surface area (Å²) in [5.74, 6) is 0.250. The standard InChI is InChI=1S/C11H19F/c1-6-7-11(5,12)8-10(4)9(2)3/h6,10H,1-2,7-8H2,3-5H3. The first kappa shape index (κ1) is 11.4. The predicted molar refractivity (Wildman–Crippen MR) is 52.9 cm³/mol. The van der Waals surface area contributed by atoms with E-state index in [-0.39, 0.29) is 5.92 Å². The lowest BCUT2D eigenvalue weighted by molar-refractivity contribution is 0.161. The highest BCUT2D eigenvalue weighted by Gasteiger charge is 2.24. The summed E-state index contributed by atoms with van der Waals surface area (Å²) in [7, 11) is 0. The molecule has 0 spiro atoms. The molecule has 0 bridgehead atoms. The van der Waals surface area contributed by atoms with Gasteiger partial charge in [-0.05, 0) is 32.6 Å². The van der Waals surface area contributed by atoms with Gasteiger partial charge < -0.3 is 0 Å². The molecule has 1 heteroatoms. The van der Waals surface area contributed by atoms with Gasteiger partial charge in [-0.2, -0.15) is 0 Å². The van der Waals surface area contributed by atoms with Gasteiger partial charge >= 0.3 is 0 Å². The second kappa shape index (κ2) is 4.44. The van der Waals surface area contributed by atoms with Crippen molar-refractivity contribution in [1.29, 1.82) is 0 Å². The average molecular weight is 170 g/mol. The molecule has 0 N–H and O–H groups in total. The summed E-state index contributed by atoms with van der Waals surface area (Å²) >= 11 is 0. The topological polar surface area (TPSA) is 0 Å². The molecule has 0 amide bonds. The molecule has 0 saturated carbocycles. The zero-order chi connectivity index (χ0) is 9.78. The van der Waals surface area contributed by atoms with Crippen molar-refractivity contribution in [2.75, 3.05) is 0 Å². The van der Waals surface area contributed by atoms with Crippen molar-refractivity contribution in [1.82, 2.24) is 0 Å². The van der Waals surface area contributed by atoms with Crippen LogP contribution in [0.3, 0.4) is 0 Å². The molecular formula is C11H19F. The van der Waals surface area contributed by atoms with Crippen molar-refractivity contribution in [3.8, 4) is 0 Å². The van der Waals surface area contributed by atoms with Crippen LogP contribution < -0.4 is 0 Å². The third-order valence-electron chi connectivity index (χ3n) is 2.14. The van der Waals surface area contributed by atoms with E-state index in [2.05, 4.69) is 13.2 Å². The molecule has 0 radical (unpaired) electrons. The van der Waals surface area contributed by atoms with Gasteiger partial charge in [-0.3, -0.25) is 0 Å². The van der Waals surface area contributed by atoms with Crippen LogP contribution in [0.1, 0.15) is 33.6 Å². The van der Waals surface area contributed by atoms with Crippen molar-refractivity contribution >= 4 is 0 Å². The Labute approximate surface area is 75.2 Å². The first-order valence-corrected chi connectivity index (χ1v) is 4.34. The Morgan fingerprint density at radius 2 is 2.17 bits per heavy atom. The molecule has 2 unspecified atom stereocenters. The van der Waals surface area contributed by atoms with Gasteiger partial charge in [-0.25, -0.2) is 4.39 Å². The predicted octanol–water partition coefficient (Wildman–Crippen LogP) is 3.89. The molecule has 0 aromatic carbocycles. The van der Waals surface area contributed by atoms with Crippen LogP contribution in [-0.2, 0) is 0 Å². The summed E-state index contributed by atoms with van der Waals surface area (Å²) < 4.78 is 13.6. The lowest BCUT2D eigenvalue weighted by Gasteiger charge is -2.22. The molecule has 0 aromatic heterocycles. The van der Waals surface area contributed by atoms with E-state index >= 15 is 0 Å². The minimum absolute atomic E-state index is 0.250. The van der Waals surface area contributed by atoms with Crippen LogP contribution in [0.2, 0.25) is 0 Å². The highest BCUT2D eigenvalue weighted by Crippen LogP contribution is 2.27. The van der Waals surface area contributed by atoms with Crippen LogP contribution >= 0.6 is 0 Å². The molecule has 0 rings (SSSR count). The SMILES string of the molecule is C=CCC(C)(F)CC(C)C(=C)C. The molecule has 0 aliphatic rings. The Bertz CT molecular complexity index is 168. The largest absolute Gasteiger partial charge is 0.244 e. The molecular weight excluding hydrogens is 151 g/mol. The summed E-state index contributed by atoms with van der Waals surface area (Å²) in [6.07, 6.45) is 2.59. The van der Waals surface area contributed by atoms with E-state index in [4.69, 9.17) is 0 Å². The van der Waals surface area contributed by atoms with Gasteiger partial charge in [0.05, 0.1) is 0 Å². The molecule has 0 fully saturated rings. The summed E-state index contributed by atoms with van der Waals surface area (Å²) in [6.45, 7) is 12.9. The van der Waals surface area contributed by atoms with Crippen molar-refractivity contribution in [2.24, 2.45) is 5.92 Å². The van der Waals surface area contributed by atoms with Gasteiger partial charge in [0.2, 0.25) is 0 Å². The Kier molecular flexibility index (Phi) is 4.22. The number of hydrogen-bond donors (Lipinski definition) is 0. The maximum absolute atomic E-state index is 13.6. The van der Waals surface area contributed by atoms with Crippen LogP contribution in [0.25, 0.3) is 0 Å². The van der Waals surface area contributed by atoms with Crippen LogP contribution in [0.4, 0.5) is 4.39 Å². The molecule has 0 aromatic rings. The summed E-state index contributed by atoms with van der Waals surface area (Å²) in [4.78, 5) is 0. The molecule has 0 aliphatic heterocycles. The van der Waals surface area contributed by atoms with Crippen molar-refractivity contribution in [3.63, 3.8) is 0 Å². The minimum Gasteiger partial charge on any atom is -0.244 e. The second-order valence-corrected chi connectivity index (χ2v) is 3.86. The number of allylic oxidation sites excluding steroid dienone is 2. The van der Waals surface area contributed by atoms with Gasteiger partial charge in [-0.1, -0.05) is 25.2 Å². The van der Waals surface area contributed by atoms with Crippen LogP contribution in [0.15, 0.2) is 24.8 Å². The van der Waals surface area contributed by atoms with Gasteiger partial charge in [0.15, 0.2) is 0 Å². The van der Waals surface area contributed by atoms with Gasteiger partial charge in [0.1, 0.15) is 5.67 Å². The Balaban J connectivity index is 4.04. The first-order chi connectivity index (χ1) is 5.39. The third-order valence-corrected chi connectivity index (χ3v) is 2.14. The van der Waals surface area contributed by atoms with E-state index < -0.39 is 5.67 Å². The van der Waals surface area contributed by atoms with Gasteiger partial charge in [0, 0.05) is 0 Å². The molecule has 0 nitrogen and oxygen atoms in total. The van der Waals surface area contributed by atoms with E-state index in [1.165, 1.54) is 0 Å². The fraction of sp³-hybridized carbons (Fsp3) is 0.636. The maximum atomic E-state index is 13.6. The molecule has 0 saturated heterocycles. The van der Waals surface area contributed by atoms with Crippen molar-refractivity contribution < 1.29 is 4.39 Å². The van der Waals surface area contributed by atoms with Gasteiger partial charge in [-0.15, -0.1) is 6.58 Å². The van der Waals surface area contributed by atoms with Crippen molar-refractivity contribution in [2.45, 2.75) is 39.3 Å². The Hall–Kier alpha value is -0.590. The lowest BCUT2D eigenvalue weighted by atomic mass is 9.88. The minimum atomic E-state index is -1.12. The second-order valence-electron chi connectivity index (χ2n) is 3.86. The lowest BCUT2D eigenvalue weighted by Crippen LogP contribution is -2.20. The fourth-order valence-corrected chi connectivity index (χ4v) is 1.20. The quantitative estimate of drug-likeness (QED) is 0.549. The third kappa shape index (κ3) is 4.32. The molecule has 70 valence electrons. The van der Waals surface area contributed by atoms with E-state index in [0.717, 1.165) is 5.57 Å². The molecule has 2 atom stereocenters. The summed E-state index contributed by atoms with van der Waals surface area (Å²) in [6, 6.07) is 0. The van der Waals surface area contributed by atoms with Crippen LogP contribution in [0, 0.1) is 5.92 Å². The molecule has 0 heterocycles. The van der Waals surface area contributed by atoms with E-state index in [0.29, 0.717) is 12.8 Å². The number of alkyl halides is 1. The zero-order valence-electron chi connectivity index (χ0n) is 8.36. The smallest absolute Gasteiger partial charge is 0.112 e. The zero-order valence-corrected chi connectivity index (χ0v) is 8.36. The van der Waals surface area contributed by atoms with Crippen LogP contribution in [0.5, 0.6) is 0 Å². The Morgan fingerprint density at radius 3 is 2.50 bits per heavy atom. The fourth-order valence-electron chi connectivity index (χ4n) is 1.20. The Morgan fingerprint density at radius 1 is 1.67 bits per heavy atom. The first-order valence-electron chi connectivity index (χ1n) is 4.34. The monoisotopic (exact) mass is 170 g/mol.